The van der Waals surface area contributed by atoms with Crippen molar-refractivity contribution in [3.63, 3.8) is 0 Å². The molecule has 0 unspecified atom stereocenters. The second-order valence-corrected chi connectivity index (χ2v) is 11.1. The van der Waals surface area contributed by atoms with Crippen molar-refractivity contribution in [2.75, 3.05) is 11.9 Å². The van der Waals surface area contributed by atoms with E-state index < -0.39 is 5.97 Å². The summed E-state index contributed by atoms with van der Waals surface area (Å²) in [7, 11) is 0. The summed E-state index contributed by atoms with van der Waals surface area (Å²) in [5, 5.41) is 3.89. The predicted molar refractivity (Wildman–Crippen MR) is 141 cm³/mol. The largest absolute Gasteiger partial charge is 0.461 e. The Morgan fingerprint density at radius 1 is 1.00 bits per heavy atom. The van der Waals surface area contributed by atoms with Gasteiger partial charge in [-0.05, 0) is 123 Å². The first-order valence-electron chi connectivity index (χ1n) is 13.0. The Balaban J connectivity index is 1.13. The van der Waals surface area contributed by atoms with Crippen LogP contribution in [-0.4, -0.2) is 17.6 Å². The lowest BCUT2D eigenvalue weighted by Gasteiger charge is -2.57. The van der Waals surface area contributed by atoms with Crippen molar-refractivity contribution in [2.24, 2.45) is 17.8 Å². The normalized spacial score (nSPS) is 26.0. The number of hydrogen-bond acceptors (Lipinski definition) is 5. The van der Waals surface area contributed by atoms with Crippen molar-refractivity contribution in [3.05, 3.63) is 76.9 Å². The quantitative estimate of drug-likeness (QED) is 0.332. The van der Waals surface area contributed by atoms with Crippen molar-refractivity contribution < 1.29 is 14.3 Å². The van der Waals surface area contributed by atoms with Crippen molar-refractivity contribution in [3.8, 4) is 11.5 Å². The Labute approximate surface area is 217 Å². The van der Waals surface area contributed by atoms with E-state index in [2.05, 4.69) is 22.4 Å². The number of halogens is 1. The van der Waals surface area contributed by atoms with Crippen LogP contribution in [0.4, 0.5) is 11.5 Å². The van der Waals surface area contributed by atoms with Gasteiger partial charge in [0.25, 0.3) is 0 Å². The van der Waals surface area contributed by atoms with Gasteiger partial charge in [0.05, 0.1) is 11.6 Å². The second kappa shape index (κ2) is 9.44. The molecule has 1 aromatic heterocycles. The summed E-state index contributed by atoms with van der Waals surface area (Å²) in [6.07, 6.45) is 8.27. The van der Waals surface area contributed by atoms with Crippen LogP contribution in [0, 0.1) is 17.8 Å². The molecule has 1 N–H and O–H groups in total. The molecule has 0 radical (unpaired) electrons. The molecule has 4 fully saturated rings. The third-order valence-electron chi connectivity index (χ3n) is 8.17. The average molecular weight is 503 g/mol. The number of benzene rings is 2. The van der Waals surface area contributed by atoms with Crippen LogP contribution in [0.2, 0.25) is 5.02 Å². The maximum atomic E-state index is 11.9. The van der Waals surface area contributed by atoms with Gasteiger partial charge >= 0.3 is 5.97 Å². The Hall–Kier alpha value is -3.05. The molecule has 0 aliphatic heterocycles. The molecule has 3 aromatic rings. The molecule has 1 heterocycles. The number of esters is 1. The van der Waals surface area contributed by atoms with E-state index >= 15 is 0 Å². The monoisotopic (exact) mass is 502 g/mol. The van der Waals surface area contributed by atoms with Gasteiger partial charge in [0.1, 0.15) is 17.3 Å². The van der Waals surface area contributed by atoms with Crippen molar-refractivity contribution in [1.82, 2.24) is 4.98 Å². The van der Waals surface area contributed by atoms with Crippen LogP contribution in [0.1, 0.15) is 61.5 Å². The number of pyridine rings is 1. The van der Waals surface area contributed by atoms with Crippen molar-refractivity contribution >= 4 is 29.1 Å². The van der Waals surface area contributed by atoms with Crippen LogP contribution >= 0.6 is 11.6 Å². The summed E-state index contributed by atoms with van der Waals surface area (Å²) in [4.78, 5) is 16.3. The topological polar surface area (TPSA) is 60.5 Å². The Morgan fingerprint density at radius 2 is 1.69 bits per heavy atom. The molecule has 0 atom stereocenters. The standard InChI is InChI=1S/C30H31ClN2O3/c1-2-35-29(34)26-4-3-5-28(33-26)32-23-7-9-24(10-8-23)36-27-11-6-22(15-25(27)31)30-16-19-12-20(17-30)14-21(13-19)18-30/h3-11,15,19-21H,2,12-14,16-18H2,1H3,(H,32,33). The van der Waals surface area contributed by atoms with E-state index in [4.69, 9.17) is 21.1 Å². The van der Waals surface area contributed by atoms with Crippen LogP contribution in [0.15, 0.2) is 60.7 Å². The Kier molecular flexibility index (Phi) is 6.12. The number of carbonyl (C=O) groups excluding carboxylic acids is 1. The van der Waals surface area contributed by atoms with Gasteiger partial charge in [0.2, 0.25) is 0 Å². The van der Waals surface area contributed by atoms with Crippen LogP contribution in [0.25, 0.3) is 0 Å². The number of hydrogen-bond donors (Lipinski definition) is 1. The summed E-state index contributed by atoms with van der Waals surface area (Å²) in [5.41, 5.74) is 2.83. The highest BCUT2D eigenvalue weighted by Crippen LogP contribution is 2.61. The van der Waals surface area contributed by atoms with E-state index in [1.807, 2.05) is 30.3 Å². The maximum Gasteiger partial charge on any atom is 0.356 e. The minimum absolute atomic E-state index is 0.272. The van der Waals surface area contributed by atoms with Crippen LogP contribution in [0.5, 0.6) is 11.5 Å². The summed E-state index contributed by atoms with van der Waals surface area (Å²) in [5.74, 6) is 4.23. The number of nitrogens with zero attached hydrogens (tertiary/aromatic N) is 1. The number of nitrogens with one attached hydrogen (secondary N) is 1. The van der Waals surface area contributed by atoms with Gasteiger partial charge in [-0.1, -0.05) is 23.7 Å². The molecule has 0 saturated heterocycles. The molecule has 4 bridgehead atoms. The fourth-order valence-corrected chi connectivity index (χ4v) is 7.30. The number of carbonyl (C=O) groups is 1. The summed E-state index contributed by atoms with van der Waals surface area (Å²) < 4.78 is 11.2. The van der Waals surface area contributed by atoms with Gasteiger partial charge in [-0.2, -0.15) is 0 Å². The zero-order valence-electron chi connectivity index (χ0n) is 20.5. The first kappa shape index (κ1) is 23.4. The van der Waals surface area contributed by atoms with E-state index in [-0.39, 0.29) is 5.69 Å². The highest BCUT2D eigenvalue weighted by atomic mass is 35.5. The molecule has 0 amide bonds. The molecule has 6 heteroatoms. The van der Waals surface area contributed by atoms with Crippen molar-refractivity contribution in [2.45, 2.75) is 50.9 Å². The van der Waals surface area contributed by atoms with Gasteiger partial charge < -0.3 is 14.8 Å². The SMILES string of the molecule is CCOC(=O)c1cccc(Nc2ccc(Oc3ccc(C45CC6CC(CC(C6)C4)C5)cc3Cl)cc2)n1. The minimum atomic E-state index is -0.434. The number of anilines is 2. The van der Waals surface area contributed by atoms with E-state index in [0.29, 0.717) is 34.4 Å². The molecule has 36 heavy (non-hydrogen) atoms. The van der Waals surface area contributed by atoms with Gasteiger partial charge in [0, 0.05) is 5.69 Å². The Bertz CT molecular complexity index is 1240. The number of ether oxygens (including phenoxy) is 2. The van der Waals surface area contributed by atoms with E-state index in [9.17, 15) is 4.79 Å². The fraction of sp³-hybridized carbons (Fsp3) is 0.400. The zero-order chi connectivity index (χ0) is 24.7. The van der Waals surface area contributed by atoms with Crippen LogP contribution in [-0.2, 0) is 10.2 Å². The van der Waals surface area contributed by atoms with Crippen LogP contribution < -0.4 is 10.1 Å². The van der Waals surface area contributed by atoms with Gasteiger partial charge in [-0.25, -0.2) is 9.78 Å². The van der Waals surface area contributed by atoms with Crippen molar-refractivity contribution in [1.29, 1.82) is 0 Å². The molecule has 4 aliphatic carbocycles. The highest BCUT2D eigenvalue weighted by molar-refractivity contribution is 6.32. The molecular weight excluding hydrogens is 472 g/mol. The smallest absolute Gasteiger partial charge is 0.356 e. The summed E-state index contributed by atoms with van der Waals surface area (Å²) in [6.45, 7) is 2.09. The predicted octanol–water partition coefficient (Wildman–Crippen LogP) is 7.92. The van der Waals surface area contributed by atoms with E-state index in [1.54, 1.807) is 25.1 Å². The third kappa shape index (κ3) is 4.57. The highest BCUT2D eigenvalue weighted by Gasteiger charge is 2.51. The first-order valence-corrected chi connectivity index (χ1v) is 13.4. The molecule has 2 aromatic carbocycles. The van der Waals surface area contributed by atoms with E-state index in [0.717, 1.165) is 23.4 Å². The summed E-state index contributed by atoms with van der Waals surface area (Å²) >= 11 is 6.74. The first-order chi connectivity index (χ1) is 17.5. The fourth-order valence-electron chi connectivity index (χ4n) is 7.08. The van der Waals surface area contributed by atoms with Gasteiger partial charge in [0.15, 0.2) is 5.69 Å². The Morgan fingerprint density at radius 3 is 2.33 bits per heavy atom. The third-order valence-corrected chi connectivity index (χ3v) is 8.47. The molecule has 5 nitrogen and oxygen atoms in total. The van der Waals surface area contributed by atoms with Crippen LogP contribution in [0.3, 0.4) is 0 Å². The zero-order valence-corrected chi connectivity index (χ0v) is 21.3. The summed E-state index contributed by atoms with van der Waals surface area (Å²) in [6, 6.07) is 19.2. The molecule has 7 rings (SSSR count). The molecule has 4 saturated carbocycles. The molecule has 4 aliphatic rings. The maximum absolute atomic E-state index is 11.9. The second-order valence-electron chi connectivity index (χ2n) is 10.7. The van der Waals surface area contributed by atoms with E-state index in [1.165, 1.54) is 44.1 Å². The van der Waals surface area contributed by atoms with Gasteiger partial charge in [-0.3, -0.25) is 0 Å². The molecule has 0 spiro atoms. The molecule has 186 valence electrons. The molecular formula is C30H31ClN2O3. The minimum Gasteiger partial charge on any atom is -0.461 e. The lowest BCUT2D eigenvalue weighted by molar-refractivity contribution is -0.00519. The van der Waals surface area contributed by atoms with Gasteiger partial charge in [-0.15, -0.1) is 0 Å². The number of rotatable bonds is 7. The lowest BCUT2D eigenvalue weighted by atomic mass is 9.48. The average Bonchev–Trinajstić information content (AvgIpc) is 2.86. The number of aromatic nitrogens is 1. The lowest BCUT2D eigenvalue weighted by Crippen LogP contribution is -2.48.